The van der Waals surface area contributed by atoms with Gasteiger partial charge < -0.3 is 14.8 Å². The Bertz CT molecular complexity index is 564. The van der Waals surface area contributed by atoms with Gasteiger partial charge in [0.15, 0.2) is 0 Å². The third-order valence-electron chi connectivity index (χ3n) is 3.19. The van der Waals surface area contributed by atoms with Crippen molar-refractivity contribution >= 4 is 5.69 Å². The predicted molar refractivity (Wildman–Crippen MR) is 91.7 cm³/mol. The van der Waals surface area contributed by atoms with E-state index in [1.807, 2.05) is 49.4 Å². The van der Waals surface area contributed by atoms with E-state index in [-0.39, 0.29) is 0 Å². The lowest BCUT2D eigenvalue weighted by atomic mass is 10.2. The normalized spacial score (nSPS) is 10.5. The zero-order valence-corrected chi connectivity index (χ0v) is 13.6. The lowest BCUT2D eigenvalue weighted by molar-refractivity contribution is 0.271. The van der Waals surface area contributed by atoms with Crippen molar-refractivity contribution < 1.29 is 9.47 Å². The van der Waals surface area contributed by atoms with Crippen molar-refractivity contribution in [1.29, 1.82) is 0 Å². The van der Waals surface area contributed by atoms with Gasteiger partial charge in [0, 0.05) is 17.8 Å². The van der Waals surface area contributed by atoms with Crippen molar-refractivity contribution in [1.82, 2.24) is 0 Å². The fraction of sp³-hybridized carbons (Fsp3) is 0.368. The summed E-state index contributed by atoms with van der Waals surface area (Å²) in [5, 5.41) is 3.42. The maximum atomic E-state index is 5.69. The van der Waals surface area contributed by atoms with Gasteiger partial charge in [-0.3, -0.25) is 0 Å². The van der Waals surface area contributed by atoms with E-state index in [0.29, 0.717) is 12.5 Å². The standard InChI is InChI=1S/C19H25NO2/c1-4-21-19-8-6-5-7-16(19)13-20-17-9-11-18(12-10-17)22-14-15(2)3/h5-12,15,20H,4,13-14H2,1-3H3. The molecule has 118 valence electrons. The monoisotopic (exact) mass is 299 g/mol. The van der Waals surface area contributed by atoms with Crippen LogP contribution >= 0.6 is 0 Å². The molecule has 0 heterocycles. The van der Waals surface area contributed by atoms with E-state index in [0.717, 1.165) is 35.9 Å². The topological polar surface area (TPSA) is 30.5 Å². The Hall–Kier alpha value is -2.16. The lowest BCUT2D eigenvalue weighted by Crippen LogP contribution is -2.05. The third-order valence-corrected chi connectivity index (χ3v) is 3.19. The van der Waals surface area contributed by atoms with Gasteiger partial charge >= 0.3 is 0 Å². The molecule has 2 aromatic carbocycles. The van der Waals surface area contributed by atoms with Gasteiger partial charge in [0.05, 0.1) is 13.2 Å². The molecule has 2 aromatic rings. The maximum absolute atomic E-state index is 5.69. The van der Waals surface area contributed by atoms with Crippen LogP contribution in [-0.4, -0.2) is 13.2 Å². The molecule has 0 aliphatic heterocycles. The summed E-state index contributed by atoms with van der Waals surface area (Å²) in [6.45, 7) is 8.45. The maximum Gasteiger partial charge on any atom is 0.124 e. The number of rotatable bonds is 8. The molecule has 0 saturated carbocycles. The highest BCUT2D eigenvalue weighted by atomic mass is 16.5. The fourth-order valence-corrected chi connectivity index (χ4v) is 2.08. The average Bonchev–Trinajstić information content (AvgIpc) is 2.53. The Morgan fingerprint density at radius 2 is 1.68 bits per heavy atom. The first-order valence-corrected chi connectivity index (χ1v) is 7.86. The van der Waals surface area contributed by atoms with Gasteiger partial charge in [-0.1, -0.05) is 32.0 Å². The average molecular weight is 299 g/mol. The molecular formula is C19H25NO2. The van der Waals surface area contributed by atoms with Gasteiger partial charge in [0.2, 0.25) is 0 Å². The molecule has 0 spiro atoms. The molecule has 0 amide bonds. The molecule has 0 aromatic heterocycles. The Balaban J connectivity index is 1.92. The number of hydrogen-bond acceptors (Lipinski definition) is 3. The summed E-state index contributed by atoms with van der Waals surface area (Å²) in [5.74, 6) is 2.39. The third kappa shape index (κ3) is 4.99. The predicted octanol–water partition coefficient (Wildman–Crippen LogP) is 4.73. The van der Waals surface area contributed by atoms with Crippen LogP contribution in [0.15, 0.2) is 48.5 Å². The molecule has 22 heavy (non-hydrogen) atoms. The van der Waals surface area contributed by atoms with Gasteiger partial charge in [-0.2, -0.15) is 0 Å². The first-order valence-electron chi connectivity index (χ1n) is 7.86. The van der Waals surface area contributed by atoms with Crippen LogP contribution in [0.1, 0.15) is 26.3 Å². The van der Waals surface area contributed by atoms with Crippen LogP contribution in [0.3, 0.4) is 0 Å². The van der Waals surface area contributed by atoms with E-state index in [2.05, 4.69) is 25.2 Å². The number of benzene rings is 2. The van der Waals surface area contributed by atoms with Crippen LogP contribution in [0.5, 0.6) is 11.5 Å². The van der Waals surface area contributed by atoms with E-state index < -0.39 is 0 Å². The minimum Gasteiger partial charge on any atom is -0.494 e. The van der Waals surface area contributed by atoms with Crippen molar-refractivity contribution in [2.45, 2.75) is 27.3 Å². The van der Waals surface area contributed by atoms with Gasteiger partial charge in [-0.05, 0) is 43.2 Å². The second kappa shape index (κ2) is 8.32. The first kappa shape index (κ1) is 16.2. The summed E-state index contributed by atoms with van der Waals surface area (Å²) in [5.41, 5.74) is 2.23. The minimum absolute atomic E-state index is 0.535. The van der Waals surface area contributed by atoms with Gasteiger partial charge in [-0.15, -0.1) is 0 Å². The van der Waals surface area contributed by atoms with E-state index >= 15 is 0 Å². The SMILES string of the molecule is CCOc1ccccc1CNc1ccc(OCC(C)C)cc1. The fourth-order valence-electron chi connectivity index (χ4n) is 2.08. The zero-order chi connectivity index (χ0) is 15.8. The molecule has 1 N–H and O–H groups in total. The number of nitrogens with one attached hydrogen (secondary N) is 1. The summed E-state index contributed by atoms with van der Waals surface area (Å²) < 4.78 is 11.3. The molecule has 3 nitrogen and oxygen atoms in total. The number of para-hydroxylation sites is 1. The van der Waals surface area contributed by atoms with Crippen LogP contribution < -0.4 is 14.8 Å². The highest BCUT2D eigenvalue weighted by Gasteiger charge is 2.02. The molecule has 0 bridgehead atoms. The van der Waals surface area contributed by atoms with Crippen LogP contribution in [0.25, 0.3) is 0 Å². The largest absolute Gasteiger partial charge is 0.494 e. The van der Waals surface area contributed by atoms with Crippen LogP contribution in [-0.2, 0) is 6.54 Å². The van der Waals surface area contributed by atoms with Crippen molar-refractivity contribution in [3.63, 3.8) is 0 Å². The van der Waals surface area contributed by atoms with Crippen LogP contribution in [0.4, 0.5) is 5.69 Å². The summed E-state index contributed by atoms with van der Waals surface area (Å²) in [4.78, 5) is 0. The molecular weight excluding hydrogens is 274 g/mol. The molecule has 0 saturated heterocycles. The first-order chi connectivity index (χ1) is 10.7. The molecule has 0 aliphatic rings. The van der Waals surface area contributed by atoms with E-state index in [1.165, 1.54) is 0 Å². The number of ether oxygens (including phenoxy) is 2. The molecule has 3 heteroatoms. The van der Waals surface area contributed by atoms with Gasteiger partial charge in [0.1, 0.15) is 11.5 Å². The molecule has 0 radical (unpaired) electrons. The lowest BCUT2D eigenvalue weighted by Gasteiger charge is -2.12. The van der Waals surface area contributed by atoms with Crippen molar-refractivity contribution in [3.8, 4) is 11.5 Å². The van der Waals surface area contributed by atoms with Crippen molar-refractivity contribution in [3.05, 3.63) is 54.1 Å². The quantitative estimate of drug-likeness (QED) is 0.764. The Morgan fingerprint density at radius 1 is 0.955 bits per heavy atom. The minimum atomic E-state index is 0.535. The summed E-state index contributed by atoms with van der Waals surface area (Å²) in [6, 6.07) is 16.2. The van der Waals surface area contributed by atoms with Gasteiger partial charge in [-0.25, -0.2) is 0 Å². The second-order valence-corrected chi connectivity index (χ2v) is 5.62. The van der Waals surface area contributed by atoms with Gasteiger partial charge in [0.25, 0.3) is 0 Å². The summed E-state index contributed by atoms with van der Waals surface area (Å²) >= 11 is 0. The van der Waals surface area contributed by atoms with Crippen molar-refractivity contribution in [2.24, 2.45) is 5.92 Å². The Kier molecular flexibility index (Phi) is 6.13. The number of anilines is 1. The highest BCUT2D eigenvalue weighted by Crippen LogP contribution is 2.21. The van der Waals surface area contributed by atoms with E-state index in [9.17, 15) is 0 Å². The summed E-state index contributed by atoms with van der Waals surface area (Å²) in [6.07, 6.45) is 0. The zero-order valence-electron chi connectivity index (χ0n) is 13.6. The smallest absolute Gasteiger partial charge is 0.124 e. The van der Waals surface area contributed by atoms with Crippen LogP contribution in [0, 0.1) is 5.92 Å². The second-order valence-electron chi connectivity index (χ2n) is 5.62. The number of hydrogen-bond donors (Lipinski definition) is 1. The Morgan fingerprint density at radius 3 is 2.36 bits per heavy atom. The summed E-state index contributed by atoms with van der Waals surface area (Å²) in [7, 11) is 0. The van der Waals surface area contributed by atoms with E-state index in [4.69, 9.17) is 9.47 Å². The molecule has 0 unspecified atom stereocenters. The van der Waals surface area contributed by atoms with Crippen molar-refractivity contribution in [2.75, 3.05) is 18.5 Å². The molecule has 0 atom stereocenters. The highest BCUT2D eigenvalue weighted by molar-refractivity contribution is 5.47. The Labute approximate surface area is 133 Å². The van der Waals surface area contributed by atoms with E-state index in [1.54, 1.807) is 0 Å². The van der Waals surface area contributed by atoms with Crippen LogP contribution in [0.2, 0.25) is 0 Å². The molecule has 0 fully saturated rings. The molecule has 2 rings (SSSR count). The molecule has 0 aliphatic carbocycles.